The molecule has 92 valence electrons. The number of anilines is 1. The number of nitrogens with one attached hydrogen (secondary N) is 1. The number of piperazine rings is 1. The molecule has 5 heteroatoms. The topological polar surface area (TPSA) is 41.1 Å². The predicted octanol–water partition coefficient (Wildman–Crippen LogP) is 1.83. The van der Waals surface area contributed by atoms with Crippen LogP contribution in [0.4, 0.5) is 5.82 Å². The zero-order valence-corrected chi connectivity index (χ0v) is 10.6. The Morgan fingerprint density at radius 3 is 2.78 bits per heavy atom. The van der Waals surface area contributed by atoms with Gasteiger partial charge in [0.2, 0.25) is 0 Å². The number of benzene rings is 1. The van der Waals surface area contributed by atoms with Crippen LogP contribution in [-0.2, 0) is 0 Å². The van der Waals surface area contributed by atoms with Crippen LogP contribution < -0.4 is 10.2 Å². The second kappa shape index (κ2) is 3.80. The van der Waals surface area contributed by atoms with E-state index in [-0.39, 0.29) is 0 Å². The fourth-order valence-corrected chi connectivity index (χ4v) is 3.29. The van der Waals surface area contributed by atoms with Crippen LogP contribution in [-0.4, -0.2) is 35.4 Å². The van der Waals surface area contributed by atoms with Gasteiger partial charge >= 0.3 is 0 Å². The van der Waals surface area contributed by atoms with E-state index in [0.717, 1.165) is 29.7 Å². The molecule has 0 saturated carbocycles. The van der Waals surface area contributed by atoms with Gasteiger partial charge in [0.1, 0.15) is 0 Å². The van der Waals surface area contributed by atoms with E-state index in [4.69, 9.17) is 11.6 Å². The maximum atomic E-state index is 6.11. The lowest BCUT2D eigenvalue weighted by Gasteiger charge is -2.28. The third-order valence-electron chi connectivity index (χ3n) is 3.95. The maximum absolute atomic E-state index is 6.11. The fraction of sp³-hybridized carbons (Fsp3) is 0.385. The Morgan fingerprint density at radius 2 is 2.06 bits per heavy atom. The van der Waals surface area contributed by atoms with E-state index < -0.39 is 0 Å². The highest BCUT2D eigenvalue weighted by Gasteiger charge is 2.38. The van der Waals surface area contributed by atoms with Crippen molar-refractivity contribution in [3.05, 3.63) is 29.4 Å². The first-order valence-electron chi connectivity index (χ1n) is 6.24. The quantitative estimate of drug-likeness (QED) is 0.850. The van der Waals surface area contributed by atoms with Crippen molar-refractivity contribution in [2.45, 2.75) is 18.5 Å². The molecule has 1 aromatic heterocycles. The highest BCUT2D eigenvalue weighted by atomic mass is 35.5. The van der Waals surface area contributed by atoms with Crippen LogP contribution in [0.1, 0.15) is 6.42 Å². The Bertz CT molecular complexity index is 615. The molecule has 1 aromatic carbocycles. The number of nitrogens with zero attached hydrogens (tertiary/aromatic N) is 3. The Kier molecular flexibility index (Phi) is 2.22. The molecule has 2 aliphatic rings. The molecule has 2 atom stereocenters. The molecule has 2 aromatic rings. The number of hydrogen-bond acceptors (Lipinski definition) is 4. The van der Waals surface area contributed by atoms with Gasteiger partial charge in [0.25, 0.3) is 0 Å². The lowest BCUT2D eigenvalue weighted by molar-refractivity contribution is 0.576. The lowest BCUT2D eigenvalue weighted by Crippen LogP contribution is -2.44. The van der Waals surface area contributed by atoms with Crippen molar-refractivity contribution in [1.29, 1.82) is 0 Å². The molecule has 3 heterocycles. The summed E-state index contributed by atoms with van der Waals surface area (Å²) >= 11 is 6.11. The summed E-state index contributed by atoms with van der Waals surface area (Å²) < 4.78 is 0. The fourth-order valence-electron chi connectivity index (χ4n) is 3.09. The number of rotatable bonds is 1. The zero-order chi connectivity index (χ0) is 12.1. The van der Waals surface area contributed by atoms with Gasteiger partial charge in [-0.2, -0.15) is 0 Å². The van der Waals surface area contributed by atoms with Crippen LogP contribution in [0, 0.1) is 0 Å². The highest BCUT2D eigenvalue weighted by Crippen LogP contribution is 2.34. The van der Waals surface area contributed by atoms with E-state index in [1.54, 1.807) is 0 Å². The van der Waals surface area contributed by atoms with E-state index in [9.17, 15) is 0 Å². The standard InChI is InChI=1S/C13H13ClN4/c14-12-10-3-1-2-4-11(10)13(17-16-12)18-7-8-5-9(18)6-15-8/h1-4,8-9,15H,5-7H2/t8-,9-/m0/s1. The molecule has 18 heavy (non-hydrogen) atoms. The van der Waals surface area contributed by atoms with Gasteiger partial charge in [-0.1, -0.05) is 35.9 Å². The third kappa shape index (κ3) is 1.42. The summed E-state index contributed by atoms with van der Waals surface area (Å²) in [5, 5.41) is 14.5. The van der Waals surface area contributed by atoms with E-state index >= 15 is 0 Å². The smallest absolute Gasteiger partial charge is 0.159 e. The molecule has 4 rings (SSSR count). The molecule has 0 spiro atoms. The molecule has 4 nitrogen and oxygen atoms in total. The molecule has 0 radical (unpaired) electrons. The monoisotopic (exact) mass is 260 g/mol. The van der Waals surface area contributed by atoms with Crippen molar-refractivity contribution in [2.24, 2.45) is 0 Å². The van der Waals surface area contributed by atoms with Crippen molar-refractivity contribution in [1.82, 2.24) is 15.5 Å². The number of hydrogen-bond donors (Lipinski definition) is 1. The largest absolute Gasteiger partial charge is 0.349 e. The lowest BCUT2D eigenvalue weighted by atomic mass is 10.1. The van der Waals surface area contributed by atoms with Gasteiger partial charge in [-0.25, -0.2) is 0 Å². The van der Waals surface area contributed by atoms with Gasteiger partial charge in [0.15, 0.2) is 11.0 Å². The normalized spacial score (nSPS) is 26.2. The summed E-state index contributed by atoms with van der Waals surface area (Å²) in [7, 11) is 0. The summed E-state index contributed by atoms with van der Waals surface area (Å²) in [6, 6.07) is 9.24. The zero-order valence-electron chi connectivity index (χ0n) is 9.81. The van der Waals surface area contributed by atoms with Crippen LogP contribution in [0.5, 0.6) is 0 Å². The highest BCUT2D eigenvalue weighted by molar-refractivity contribution is 6.34. The van der Waals surface area contributed by atoms with Crippen LogP contribution in [0.25, 0.3) is 10.8 Å². The second-order valence-corrected chi connectivity index (χ2v) is 5.37. The Morgan fingerprint density at radius 1 is 1.22 bits per heavy atom. The van der Waals surface area contributed by atoms with Gasteiger partial charge in [0.05, 0.1) is 0 Å². The molecule has 1 N–H and O–H groups in total. The van der Waals surface area contributed by atoms with Crippen molar-refractivity contribution in [3.8, 4) is 0 Å². The summed E-state index contributed by atoms with van der Waals surface area (Å²) in [5.74, 6) is 0.976. The maximum Gasteiger partial charge on any atom is 0.159 e. The van der Waals surface area contributed by atoms with E-state index in [1.165, 1.54) is 6.42 Å². The van der Waals surface area contributed by atoms with Gasteiger partial charge in [-0.15, -0.1) is 10.2 Å². The molecule has 0 unspecified atom stereocenters. The van der Waals surface area contributed by atoms with Crippen LogP contribution in [0.2, 0.25) is 5.15 Å². The summed E-state index contributed by atoms with van der Waals surface area (Å²) in [6.07, 6.45) is 1.21. The van der Waals surface area contributed by atoms with Crippen molar-refractivity contribution in [3.63, 3.8) is 0 Å². The molecular formula is C13H13ClN4. The van der Waals surface area contributed by atoms with Crippen LogP contribution in [0.3, 0.4) is 0 Å². The first kappa shape index (κ1) is 10.5. The first-order valence-corrected chi connectivity index (χ1v) is 6.61. The van der Waals surface area contributed by atoms with E-state index in [1.807, 2.05) is 18.2 Å². The molecule has 0 amide bonds. The number of aromatic nitrogens is 2. The molecule has 2 fully saturated rings. The molecule has 2 saturated heterocycles. The summed E-state index contributed by atoms with van der Waals surface area (Å²) in [4.78, 5) is 2.37. The molecular weight excluding hydrogens is 248 g/mol. The molecule has 0 aliphatic carbocycles. The van der Waals surface area contributed by atoms with Crippen molar-refractivity contribution in [2.75, 3.05) is 18.0 Å². The Hall–Kier alpha value is -1.39. The predicted molar refractivity (Wildman–Crippen MR) is 72.1 cm³/mol. The molecule has 2 bridgehead atoms. The number of halogens is 1. The van der Waals surface area contributed by atoms with Gasteiger partial charge < -0.3 is 10.2 Å². The van der Waals surface area contributed by atoms with Crippen molar-refractivity contribution < 1.29 is 0 Å². The second-order valence-electron chi connectivity index (χ2n) is 5.01. The van der Waals surface area contributed by atoms with Crippen LogP contribution in [0.15, 0.2) is 24.3 Å². The van der Waals surface area contributed by atoms with E-state index in [2.05, 4.69) is 26.5 Å². The third-order valence-corrected chi connectivity index (χ3v) is 4.23. The Balaban J connectivity index is 1.88. The minimum absolute atomic E-state index is 0.483. The van der Waals surface area contributed by atoms with E-state index in [0.29, 0.717) is 17.2 Å². The average Bonchev–Trinajstić information content (AvgIpc) is 3.02. The van der Waals surface area contributed by atoms with Crippen LogP contribution >= 0.6 is 11.6 Å². The SMILES string of the molecule is Clc1nnc(N2C[C@@H]3C[C@H]2CN3)c2ccccc12. The Labute approximate surface area is 110 Å². The first-order chi connectivity index (χ1) is 8.83. The van der Waals surface area contributed by atoms with Gasteiger partial charge in [-0.3, -0.25) is 0 Å². The average molecular weight is 261 g/mol. The van der Waals surface area contributed by atoms with Gasteiger partial charge in [0, 0.05) is 35.9 Å². The van der Waals surface area contributed by atoms with Crippen molar-refractivity contribution >= 4 is 28.2 Å². The number of fused-ring (bicyclic) bond motifs is 3. The van der Waals surface area contributed by atoms with Gasteiger partial charge in [-0.05, 0) is 6.42 Å². The summed E-state index contributed by atoms with van der Waals surface area (Å²) in [6.45, 7) is 2.06. The molecule has 2 aliphatic heterocycles. The minimum atomic E-state index is 0.483. The minimum Gasteiger partial charge on any atom is -0.349 e. The summed E-state index contributed by atoms with van der Waals surface area (Å²) in [5.41, 5.74) is 0.